The molecule has 0 aliphatic heterocycles. The highest BCUT2D eigenvalue weighted by Gasteiger charge is 2.04. The van der Waals surface area contributed by atoms with Gasteiger partial charge in [0.15, 0.2) is 0 Å². The summed E-state index contributed by atoms with van der Waals surface area (Å²) in [5, 5.41) is 6.31. The fraction of sp³-hybridized carbons (Fsp3) is 0.100. The molecule has 3 rings (SSSR count). The van der Waals surface area contributed by atoms with Gasteiger partial charge < -0.3 is 4.74 Å². The molecule has 3 aromatic rings. The van der Waals surface area contributed by atoms with Crippen molar-refractivity contribution in [2.45, 2.75) is 6.92 Å². The Morgan fingerprint density at radius 3 is 2.58 bits per heavy atom. The van der Waals surface area contributed by atoms with Crippen molar-refractivity contribution in [2.75, 3.05) is 6.61 Å². The predicted octanol–water partition coefficient (Wildman–Crippen LogP) is 4.00. The molecule has 3 aromatic carbocycles. The Bertz CT molecular complexity index is 865. The van der Waals surface area contributed by atoms with Crippen molar-refractivity contribution in [3.63, 3.8) is 0 Å². The first-order valence-corrected chi connectivity index (χ1v) is 7.82. The minimum absolute atomic E-state index is 0.255. The van der Waals surface area contributed by atoms with Crippen molar-refractivity contribution in [1.29, 1.82) is 0 Å². The molecule has 0 aliphatic carbocycles. The molecule has 0 fully saturated rings. The van der Waals surface area contributed by atoms with Gasteiger partial charge in [-0.05, 0) is 42.0 Å². The number of hydrogen-bond donors (Lipinski definition) is 1. The number of ether oxygens (including phenoxy) is 1. The molecule has 4 nitrogen and oxygen atoms in total. The number of carbonyl (C=O) groups is 1. The second-order valence-electron chi connectivity index (χ2n) is 5.22. The van der Waals surface area contributed by atoms with Crippen LogP contribution in [-0.2, 0) is 0 Å². The molecule has 0 saturated heterocycles. The lowest BCUT2D eigenvalue weighted by Crippen LogP contribution is -2.17. The summed E-state index contributed by atoms with van der Waals surface area (Å²) in [5.74, 6) is 0.489. The number of benzene rings is 3. The van der Waals surface area contributed by atoms with Crippen LogP contribution in [0.3, 0.4) is 0 Å². The standard InChI is InChI=1S/C20H18N2O2/c1-2-24-18-12-10-16(11-13-18)20(23)22-21-14-17-8-5-7-15-6-3-4-9-19(15)17/h3-14H,2H2,1H3,(H,22,23)/b21-14-. The van der Waals surface area contributed by atoms with Crippen LogP contribution in [0.15, 0.2) is 71.8 Å². The molecule has 0 radical (unpaired) electrons. The van der Waals surface area contributed by atoms with E-state index >= 15 is 0 Å². The van der Waals surface area contributed by atoms with Crippen LogP contribution in [0.4, 0.5) is 0 Å². The first-order valence-electron chi connectivity index (χ1n) is 7.82. The van der Waals surface area contributed by atoms with Crippen LogP contribution in [-0.4, -0.2) is 18.7 Å². The van der Waals surface area contributed by atoms with E-state index in [-0.39, 0.29) is 5.91 Å². The van der Waals surface area contributed by atoms with Crippen LogP contribution in [0.2, 0.25) is 0 Å². The molecule has 4 heteroatoms. The largest absolute Gasteiger partial charge is 0.494 e. The van der Waals surface area contributed by atoms with E-state index in [1.165, 1.54) is 0 Å². The van der Waals surface area contributed by atoms with E-state index in [1.54, 1.807) is 30.5 Å². The van der Waals surface area contributed by atoms with Gasteiger partial charge in [-0.25, -0.2) is 5.43 Å². The first kappa shape index (κ1) is 15.7. The Kier molecular flexibility index (Phi) is 4.87. The zero-order valence-corrected chi connectivity index (χ0v) is 13.4. The summed E-state index contributed by atoms with van der Waals surface area (Å²) < 4.78 is 5.36. The van der Waals surface area contributed by atoms with Gasteiger partial charge in [-0.1, -0.05) is 42.5 Å². The molecular formula is C20H18N2O2. The Morgan fingerprint density at radius 2 is 1.79 bits per heavy atom. The van der Waals surface area contributed by atoms with Crippen molar-refractivity contribution in [3.05, 3.63) is 77.9 Å². The topological polar surface area (TPSA) is 50.7 Å². The molecule has 0 spiro atoms. The third-order valence-electron chi connectivity index (χ3n) is 3.62. The monoisotopic (exact) mass is 318 g/mol. The summed E-state index contributed by atoms with van der Waals surface area (Å²) in [7, 11) is 0. The highest BCUT2D eigenvalue weighted by Crippen LogP contribution is 2.16. The van der Waals surface area contributed by atoms with E-state index in [4.69, 9.17) is 4.74 Å². The van der Waals surface area contributed by atoms with Gasteiger partial charge in [-0.15, -0.1) is 0 Å². The van der Waals surface area contributed by atoms with Crippen LogP contribution in [0.1, 0.15) is 22.8 Å². The Hall–Kier alpha value is -3.14. The molecule has 0 aromatic heterocycles. The fourth-order valence-electron chi connectivity index (χ4n) is 2.46. The molecule has 0 unspecified atom stereocenters. The average molecular weight is 318 g/mol. The maximum absolute atomic E-state index is 12.1. The SMILES string of the molecule is CCOc1ccc(C(=O)N/N=C\c2cccc3ccccc23)cc1. The molecule has 1 amide bonds. The number of nitrogens with zero attached hydrogens (tertiary/aromatic N) is 1. The third kappa shape index (κ3) is 3.60. The van der Waals surface area contributed by atoms with Gasteiger partial charge in [0.05, 0.1) is 12.8 Å². The first-order chi connectivity index (χ1) is 11.8. The van der Waals surface area contributed by atoms with Gasteiger partial charge in [-0.3, -0.25) is 4.79 Å². The molecule has 0 heterocycles. The minimum atomic E-state index is -0.255. The van der Waals surface area contributed by atoms with Crippen molar-refractivity contribution >= 4 is 22.9 Å². The fourth-order valence-corrected chi connectivity index (χ4v) is 2.46. The Morgan fingerprint density at radius 1 is 1.04 bits per heavy atom. The third-order valence-corrected chi connectivity index (χ3v) is 3.62. The maximum atomic E-state index is 12.1. The summed E-state index contributed by atoms with van der Waals surface area (Å²) in [6.07, 6.45) is 1.66. The molecule has 0 saturated carbocycles. The lowest BCUT2D eigenvalue weighted by Gasteiger charge is -2.04. The van der Waals surface area contributed by atoms with Gasteiger partial charge >= 0.3 is 0 Å². The number of nitrogens with one attached hydrogen (secondary N) is 1. The van der Waals surface area contributed by atoms with E-state index < -0.39 is 0 Å². The van der Waals surface area contributed by atoms with E-state index in [0.717, 1.165) is 22.1 Å². The van der Waals surface area contributed by atoms with Gasteiger partial charge in [0.1, 0.15) is 5.75 Å². The van der Waals surface area contributed by atoms with Crippen LogP contribution in [0.5, 0.6) is 5.75 Å². The quantitative estimate of drug-likeness (QED) is 0.571. The smallest absolute Gasteiger partial charge is 0.271 e. The molecule has 0 atom stereocenters. The highest BCUT2D eigenvalue weighted by molar-refractivity contribution is 6.00. The highest BCUT2D eigenvalue weighted by atomic mass is 16.5. The minimum Gasteiger partial charge on any atom is -0.494 e. The maximum Gasteiger partial charge on any atom is 0.271 e. The predicted molar refractivity (Wildman–Crippen MR) is 96.6 cm³/mol. The molecule has 1 N–H and O–H groups in total. The van der Waals surface area contributed by atoms with Crippen LogP contribution >= 0.6 is 0 Å². The normalized spacial score (nSPS) is 10.9. The number of amides is 1. The van der Waals surface area contributed by atoms with Crippen molar-refractivity contribution in [1.82, 2.24) is 5.43 Å². The summed E-state index contributed by atoms with van der Waals surface area (Å²) >= 11 is 0. The summed E-state index contributed by atoms with van der Waals surface area (Å²) in [6, 6.07) is 21.0. The van der Waals surface area contributed by atoms with Crippen molar-refractivity contribution in [2.24, 2.45) is 5.10 Å². The van der Waals surface area contributed by atoms with Crippen molar-refractivity contribution in [3.8, 4) is 5.75 Å². The van der Waals surface area contributed by atoms with E-state index in [9.17, 15) is 4.79 Å². The zero-order valence-electron chi connectivity index (χ0n) is 13.4. The van der Waals surface area contributed by atoms with Crippen LogP contribution < -0.4 is 10.2 Å². The number of fused-ring (bicyclic) bond motifs is 1. The number of carbonyl (C=O) groups excluding carboxylic acids is 1. The van der Waals surface area contributed by atoms with E-state index in [0.29, 0.717) is 12.2 Å². The molecule has 24 heavy (non-hydrogen) atoms. The number of rotatable bonds is 5. The molecule has 0 bridgehead atoms. The summed E-state index contributed by atoms with van der Waals surface area (Å²) in [6.45, 7) is 2.52. The second-order valence-corrected chi connectivity index (χ2v) is 5.22. The lowest BCUT2D eigenvalue weighted by molar-refractivity contribution is 0.0955. The van der Waals surface area contributed by atoms with Crippen LogP contribution in [0, 0.1) is 0 Å². The Balaban J connectivity index is 1.70. The van der Waals surface area contributed by atoms with Gasteiger partial charge in [0, 0.05) is 11.1 Å². The van der Waals surface area contributed by atoms with Gasteiger partial charge in [0.2, 0.25) is 0 Å². The summed E-state index contributed by atoms with van der Waals surface area (Å²) in [4.78, 5) is 12.1. The average Bonchev–Trinajstić information content (AvgIpc) is 2.63. The Labute approximate surface area is 140 Å². The van der Waals surface area contributed by atoms with Crippen molar-refractivity contribution < 1.29 is 9.53 Å². The van der Waals surface area contributed by atoms with E-state index in [2.05, 4.69) is 10.5 Å². The molecule has 0 aliphatic rings. The second kappa shape index (κ2) is 7.42. The van der Waals surface area contributed by atoms with E-state index in [1.807, 2.05) is 49.4 Å². The molecular weight excluding hydrogens is 300 g/mol. The molecule has 120 valence electrons. The number of hydrazone groups is 1. The lowest BCUT2D eigenvalue weighted by atomic mass is 10.1. The number of hydrogen-bond acceptors (Lipinski definition) is 3. The zero-order chi connectivity index (χ0) is 16.8. The van der Waals surface area contributed by atoms with Crippen LogP contribution in [0.25, 0.3) is 10.8 Å². The van der Waals surface area contributed by atoms with Gasteiger partial charge in [-0.2, -0.15) is 5.10 Å². The summed E-state index contributed by atoms with van der Waals surface area (Å²) in [5.41, 5.74) is 4.05. The van der Waals surface area contributed by atoms with Gasteiger partial charge in [0.25, 0.3) is 5.91 Å².